The van der Waals surface area contributed by atoms with Crippen molar-refractivity contribution in [1.29, 1.82) is 0 Å². The fraction of sp³-hybridized carbons (Fsp3) is 0.714. The zero-order valence-corrected chi connectivity index (χ0v) is 15.6. The first-order valence-corrected chi connectivity index (χ1v) is 9.48. The first-order valence-electron chi connectivity index (χ1n) is 7.27. The fourth-order valence-electron chi connectivity index (χ4n) is 2.43. The van der Waals surface area contributed by atoms with Crippen molar-refractivity contribution in [3.63, 3.8) is 0 Å². The van der Waals surface area contributed by atoms with Crippen molar-refractivity contribution >= 4 is 41.4 Å². The lowest BCUT2D eigenvalue weighted by atomic mass is 10.2. The summed E-state index contributed by atoms with van der Waals surface area (Å²) in [6, 6.07) is -0.340. The summed E-state index contributed by atoms with van der Waals surface area (Å²) in [4.78, 5) is 22.1. The van der Waals surface area contributed by atoms with E-state index in [1.54, 1.807) is 23.1 Å². The number of piperazine rings is 1. The number of thiazole rings is 1. The molecule has 1 aliphatic heterocycles. The molecule has 1 amide bonds. The fourth-order valence-corrected chi connectivity index (χ4v) is 3.76. The third-order valence-corrected chi connectivity index (χ3v) is 5.22. The number of rotatable bonds is 6. The van der Waals surface area contributed by atoms with E-state index < -0.39 is 0 Å². The summed E-state index contributed by atoms with van der Waals surface area (Å²) in [5.74, 6) is 1.05. The number of carbonyl (C=O) groups is 1. The van der Waals surface area contributed by atoms with Crippen LogP contribution >= 0.6 is 35.5 Å². The second-order valence-corrected chi connectivity index (χ2v) is 7.64. The molecule has 1 saturated heterocycles. The lowest BCUT2D eigenvalue weighted by molar-refractivity contribution is -0.134. The van der Waals surface area contributed by atoms with Crippen LogP contribution in [0, 0.1) is 6.92 Å². The van der Waals surface area contributed by atoms with Gasteiger partial charge in [-0.1, -0.05) is 0 Å². The summed E-state index contributed by atoms with van der Waals surface area (Å²) in [5.41, 5.74) is 5.97. The third-order valence-electron chi connectivity index (χ3n) is 3.68. The minimum atomic E-state index is -0.340. The molecule has 1 aromatic heterocycles. The molecule has 1 aromatic rings. The average molecular weight is 365 g/mol. The minimum Gasteiger partial charge on any atom is -0.339 e. The molecular formula is C14H25ClN4OS2. The van der Waals surface area contributed by atoms with Gasteiger partial charge in [-0.25, -0.2) is 4.98 Å². The van der Waals surface area contributed by atoms with Crippen LogP contribution in [0.2, 0.25) is 0 Å². The van der Waals surface area contributed by atoms with Crippen molar-refractivity contribution in [3.8, 4) is 0 Å². The molecule has 0 aliphatic carbocycles. The van der Waals surface area contributed by atoms with E-state index in [1.165, 1.54) is 4.88 Å². The summed E-state index contributed by atoms with van der Waals surface area (Å²) >= 11 is 3.48. The van der Waals surface area contributed by atoms with Crippen molar-refractivity contribution in [2.75, 3.05) is 38.2 Å². The number of aryl methyl sites for hydroxylation is 1. The van der Waals surface area contributed by atoms with E-state index in [2.05, 4.69) is 9.88 Å². The molecule has 0 bridgehead atoms. The number of nitrogens with zero attached hydrogens (tertiary/aromatic N) is 3. The molecule has 126 valence electrons. The molecule has 0 spiro atoms. The van der Waals surface area contributed by atoms with Gasteiger partial charge in [0.15, 0.2) is 0 Å². The van der Waals surface area contributed by atoms with E-state index in [-0.39, 0.29) is 24.4 Å². The van der Waals surface area contributed by atoms with Crippen molar-refractivity contribution < 1.29 is 4.79 Å². The van der Waals surface area contributed by atoms with Crippen LogP contribution in [0.15, 0.2) is 6.20 Å². The smallest absolute Gasteiger partial charge is 0.239 e. The molecule has 1 aliphatic rings. The molecule has 0 saturated carbocycles. The molecule has 2 N–H and O–H groups in total. The van der Waals surface area contributed by atoms with Gasteiger partial charge < -0.3 is 10.6 Å². The Morgan fingerprint density at radius 2 is 2.14 bits per heavy atom. The lowest BCUT2D eigenvalue weighted by Gasteiger charge is -2.35. The zero-order valence-electron chi connectivity index (χ0n) is 13.2. The second kappa shape index (κ2) is 9.72. The van der Waals surface area contributed by atoms with Crippen LogP contribution < -0.4 is 5.73 Å². The van der Waals surface area contributed by atoms with Crippen LogP contribution in [0.4, 0.5) is 0 Å². The second-order valence-electron chi connectivity index (χ2n) is 5.33. The third kappa shape index (κ3) is 5.70. The van der Waals surface area contributed by atoms with Gasteiger partial charge in [0.25, 0.3) is 0 Å². The predicted octanol–water partition coefficient (Wildman–Crippen LogP) is 1.60. The lowest BCUT2D eigenvalue weighted by Crippen LogP contribution is -2.52. The molecule has 22 heavy (non-hydrogen) atoms. The van der Waals surface area contributed by atoms with Crippen molar-refractivity contribution in [2.45, 2.75) is 25.9 Å². The first kappa shape index (κ1) is 19.7. The van der Waals surface area contributed by atoms with Gasteiger partial charge in [-0.3, -0.25) is 9.69 Å². The number of hydrogen-bond acceptors (Lipinski definition) is 6. The van der Waals surface area contributed by atoms with Crippen molar-refractivity contribution in [3.05, 3.63) is 16.1 Å². The van der Waals surface area contributed by atoms with E-state index in [4.69, 9.17) is 5.73 Å². The number of aromatic nitrogens is 1. The normalized spacial score (nSPS) is 17.1. The Morgan fingerprint density at radius 1 is 1.45 bits per heavy atom. The summed E-state index contributed by atoms with van der Waals surface area (Å²) in [7, 11) is 0. The summed E-state index contributed by atoms with van der Waals surface area (Å²) < 4.78 is 0. The maximum absolute atomic E-state index is 12.2. The van der Waals surface area contributed by atoms with Crippen LogP contribution in [-0.4, -0.2) is 64.9 Å². The molecule has 1 fully saturated rings. The monoisotopic (exact) mass is 364 g/mol. The number of amides is 1. The Hall–Kier alpha value is -0.340. The van der Waals surface area contributed by atoms with E-state index in [0.717, 1.165) is 49.9 Å². The average Bonchev–Trinajstić information content (AvgIpc) is 2.90. The van der Waals surface area contributed by atoms with Crippen molar-refractivity contribution in [1.82, 2.24) is 14.8 Å². The number of thioether (sulfide) groups is 1. The highest BCUT2D eigenvalue weighted by Gasteiger charge is 2.25. The van der Waals surface area contributed by atoms with Crippen LogP contribution in [0.3, 0.4) is 0 Å². The molecule has 2 heterocycles. The van der Waals surface area contributed by atoms with Crippen LogP contribution in [-0.2, 0) is 11.3 Å². The van der Waals surface area contributed by atoms with E-state index in [9.17, 15) is 4.79 Å². The number of halogens is 1. The van der Waals surface area contributed by atoms with Gasteiger partial charge in [0, 0.05) is 43.8 Å². The van der Waals surface area contributed by atoms with Crippen molar-refractivity contribution in [2.24, 2.45) is 5.73 Å². The van der Waals surface area contributed by atoms with Crippen LogP contribution in [0.1, 0.15) is 16.3 Å². The van der Waals surface area contributed by atoms with Crippen LogP contribution in [0.5, 0.6) is 0 Å². The molecular weight excluding hydrogens is 340 g/mol. The Labute approximate surface area is 147 Å². The van der Waals surface area contributed by atoms with E-state index in [1.807, 2.05) is 24.3 Å². The molecule has 2 rings (SSSR count). The van der Waals surface area contributed by atoms with E-state index in [0.29, 0.717) is 0 Å². The summed E-state index contributed by atoms with van der Waals surface area (Å²) in [5, 5.41) is 1.11. The number of nitrogens with two attached hydrogens (primary N) is 1. The van der Waals surface area contributed by atoms with Gasteiger partial charge >= 0.3 is 0 Å². The number of carbonyl (C=O) groups excluding carboxylic acids is 1. The SMILES string of the molecule is CSCC[C@H](N)C(=O)N1CCN(Cc2cnc(C)s2)CC1.Cl. The molecule has 1 atom stereocenters. The number of hydrogen-bond donors (Lipinski definition) is 1. The van der Waals surface area contributed by atoms with Gasteiger partial charge in [-0.2, -0.15) is 11.8 Å². The Bertz CT molecular complexity index is 463. The molecule has 0 radical (unpaired) electrons. The molecule has 5 nitrogen and oxygen atoms in total. The molecule has 0 aromatic carbocycles. The van der Waals surface area contributed by atoms with Gasteiger partial charge in [0.05, 0.1) is 11.0 Å². The minimum absolute atomic E-state index is 0. The first-order chi connectivity index (χ1) is 10.1. The Kier molecular flexibility index (Phi) is 8.71. The standard InChI is InChI=1S/C14H24N4OS2.ClH/c1-11-16-9-12(21-11)10-17-4-6-18(7-5-17)14(19)13(15)3-8-20-2;/h9,13H,3-8,10,15H2,1-2H3;1H/t13-;/m0./s1. The molecule has 8 heteroatoms. The Balaban J connectivity index is 0.00000242. The quantitative estimate of drug-likeness (QED) is 0.830. The topological polar surface area (TPSA) is 62.5 Å². The highest BCUT2D eigenvalue weighted by molar-refractivity contribution is 7.98. The van der Waals surface area contributed by atoms with Gasteiger partial charge in [0.2, 0.25) is 5.91 Å². The maximum Gasteiger partial charge on any atom is 0.239 e. The van der Waals surface area contributed by atoms with Gasteiger partial charge in [-0.05, 0) is 25.4 Å². The van der Waals surface area contributed by atoms with Gasteiger partial charge in [0.1, 0.15) is 0 Å². The predicted molar refractivity (Wildman–Crippen MR) is 96.9 cm³/mol. The van der Waals surface area contributed by atoms with Gasteiger partial charge in [-0.15, -0.1) is 23.7 Å². The highest BCUT2D eigenvalue weighted by Crippen LogP contribution is 2.15. The maximum atomic E-state index is 12.2. The van der Waals surface area contributed by atoms with Crippen LogP contribution in [0.25, 0.3) is 0 Å². The Morgan fingerprint density at radius 3 is 2.68 bits per heavy atom. The zero-order chi connectivity index (χ0) is 15.2. The summed E-state index contributed by atoms with van der Waals surface area (Å²) in [6.45, 7) is 6.36. The summed E-state index contributed by atoms with van der Waals surface area (Å²) in [6.07, 6.45) is 4.76. The highest BCUT2D eigenvalue weighted by atomic mass is 35.5. The largest absolute Gasteiger partial charge is 0.339 e. The van der Waals surface area contributed by atoms with E-state index >= 15 is 0 Å². The molecule has 0 unspecified atom stereocenters.